The average Bonchev–Trinajstić information content (AvgIpc) is 3.27. The quantitative estimate of drug-likeness (QED) is 0.907. The minimum atomic E-state index is -0.391. The zero-order valence-electron chi connectivity index (χ0n) is 13.5. The zero-order valence-corrected chi connectivity index (χ0v) is 14.3. The first-order valence-corrected chi connectivity index (χ1v) is 8.87. The van der Waals surface area contributed by atoms with Crippen LogP contribution in [0.25, 0.3) is 0 Å². The van der Waals surface area contributed by atoms with E-state index in [1.54, 1.807) is 47.6 Å². The summed E-state index contributed by atoms with van der Waals surface area (Å²) in [6, 6.07) is 8.74. The zero-order chi connectivity index (χ0) is 16.9. The second-order valence-electron chi connectivity index (χ2n) is 5.77. The van der Waals surface area contributed by atoms with Gasteiger partial charge in [-0.15, -0.1) is 0 Å². The molecule has 5 nitrogen and oxygen atoms in total. The lowest BCUT2D eigenvalue weighted by atomic mass is 10.1. The molecule has 0 bridgehead atoms. The number of rotatable bonds is 5. The lowest BCUT2D eigenvalue weighted by molar-refractivity contribution is -0.136. The molecule has 1 fully saturated rings. The second-order valence-corrected chi connectivity index (χ2v) is 6.55. The van der Waals surface area contributed by atoms with Crippen molar-refractivity contribution < 1.29 is 14.3 Å². The van der Waals surface area contributed by atoms with E-state index < -0.39 is 6.04 Å². The molecule has 2 amide bonds. The molecule has 1 N–H and O–H groups in total. The fourth-order valence-electron chi connectivity index (χ4n) is 2.91. The molecular weight excluding hydrogens is 324 g/mol. The van der Waals surface area contributed by atoms with Crippen molar-refractivity contribution >= 4 is 28.8 Å². The van der Waals surface area contributed by atoms with Crippen molar-refractivity contribution in [2.24, 2.45) is 0 Å². The van der Waals surface area contributed by atoms with E-state index in [1.807, 2.05) is 16.8 Å². The lowest BCUT2D eigenvalue weighted by Gasteiger charge is -2.24. The van der Waals surface area contributed by atoms with Crippen molar-refractivity contribution in [2.75, 3.05) is 19.0 Å². The number of carbonyl (C=O) groups excluding carboxylic acids is 2. The molecule has 0 spiro atoms. The molecular formula is C18H20N2O3S. The Kier molecular flexibility index (Phi) is 5.15. The number of likely N-dealkylation sites (tertiary alicyclic amines) is 1. The molecule has 1 atom stereocenters. The van der Waals surface area contributed by atoms with E-state index in [9.17, 15) is 9.59 Å². The molecule has 1 aromatic carbocycles. The smallest absolute Gasteiger partial charge is 0.247 e. The van der Waals surface area contributed by atoms with Crippen LogP contribution < -0.4 is 10.1 Å². The van der Waals surface area contributed by atoms with E-state index in [-0.39, 0.29) is 11.8 Å². The van der Waals surface area contributed by atoms with Gasteiger partial charge < -0.3 is 15.0 Å². The third-order valence-electron chi connectivity index (χ3n) is 4.17. The standard InChI is InChI=1S/C18H20N2O3S/c1-23-15-6-4-14(5-7-15)19-18(22)16-3-2-9-20(16)17(21)11-13-8-10-24-12-13/h4-8,10,12,16H,2-3,9,11H2,1H3,(H,19,22). The van der Waals surface area contributed by atoms with Crippen LogP contribution >= 0.6 is 11.3 Å². The molecule has 24 heavy (non-hydrogen) atoms. The normalized spacial score (nSPS) is 16.9. The van der Waals surface area contributed by atoms with Gasteiger partial charge in [0.25, 0.3) is 0 Å². The maximum Gasteiger partial charge on any atom is 0.247 e. The van der Waals surface area contributed by atoms with Gasteiger partial charge in [-0.1, -0.05) is 0 Å². The van der Waals surface area contributed by atoms with Crippen molar-refractivity contribution in [3.05, 3.63) is 46.7 Å². The Hall–Kier alpha value is -2.34. The summed E-state index contributed by atoms with van der Waals surface area (Å²) in [5, 5.41) is 6.82. The minimum absolute atomic E-state index is 0.0146. The van der Waals surface area contributed by atoms with Gasteiger partial charge in [0.1, 0.15) is 11.8 Å². The van der Waals surface area contributed by atoms with E-state index >= 15 is 0 Å². The van der Waals surface area contributed by atoms with Crippen LogP contribution in [-0.4, -0.2) is 36.4 Å². The third-order valence-corrected chi connectivity index (χ3v) is 4.90. The van der Waals surface area contributed by atoms with Crippen molar-refractivity contribution in [3.8, 4) is 5.75 Å². The van der Waals surface area contributed by atoms with Crippen molar-refractivity contribution in [1.29, 1.82) is 0 Å². The molecule has 3 rings (SSSR count). The molecule has 2 aromatic rings. The van der Waals surface area contributed by atoms with E-state index in [2.05, 4.69) is 5.32 Å². The SMILES string of the molecule is COc1ccc(NC(=O)C2CCCN2C(=O)Cc2ccsc2)cc1. The molecule has 2 heterocycles. The number of methoxy groups -OCH3 is 1. The fraction of sp³-hybridized carbons (Fsp3) is 0.333. The molecule has 1 saturated heterocycles. The van der Waals surface area contributed by atoms with Crippen LogP contribution in [0.1, 0.15) is 18.4 Å². The number of nitrogens with one attached hydrogen (secondary N) is 1. The molecule has 0 saturated carbocycles. The Labute approximate surface area is 145 Å². The molecule has 1 unspecified atom stereocenters. The molecule has 6 heteroatoms. The highest BCUT2D eigenvalue weighted by atomic mass is 32.1. The lowest BCUT2D eigenvalue weighted by Crippen LogP contribution is -2.43. The first-order chi connectivity index (χ1) is 11.7. The highest BCUT2D eigenvalue weighted by molar-refractivity contribution is 7.08. The Morgan fingerprint density at radius 3 is 2.75 bits per heavy atom. The van der Waals surface area contributed by atoms with Crippen LogP contribution in [0.2, 0.25) is 0 Å². The first kappa shape index (κ1) is 16.5. The van der Waals surface area contributed by atoms with Crippen LogP contribution in [-0.2, 0) is 16.0 Å². The van der Waals surface area contributed by atoms with Crippen LogP contribution in [0.5, 0.6) is 5.75 Å². The average molecular weight is 344 g/mol. The third kappa shape index (κ3) is 3.76. The molecule has 1 aromatic heterocycles. The Morgan fingerprint density at radius 2 is 2.08 bits per heavy atom. The molecule has 1 aliphatic heterocycles. The maximum atomic E-state index is 12.6. The summed E-state index contributed by atoms with van der Waals surface area (Å²) < 4.78 is 5.11. The number of benzene rings is 1. The van der Waals surface area contributed by atoms with E-state index in [0.29, 0.717) is 25.1 Å². The first-order valence-electron chi connectivity index (χ1n) is 7.93. The van der Waals surface area contributed by atoms with E-state index in [0.717, 1.165) is 17.7 Å². The van der Waals surface area contributed by atoms with Crippen LogP contribution in [0.15, 0.2) is 41.1 Å². The monoisotopic (exact) mass is 344 g/mol. The van der Waals surface area contributed by atoms with Crippen molar-refractivity contribution in [3.63, 3.8) is 0 Å². The number of amides is 2. The Morgan fingerprint density at radius 1 is 1.29 bits per heavy atom. The topological polar surface area (TPSA) is 58.6 Å². The van der Waals surface area contributed by atoms with Gasteiger partial charge in [0, 0.05) is 12.2 Å². The van der Waals surface area contributed by atoms with Crippen molar-refractivity contribution in [1.82, 2.24) is 4.90 Å². The number of hydrogen-bond acceptors (Lipinski definition) is 4. The van der Waals surface area contributed by atoms with Gasteiger partial charge in [0.05, 0.1) is 13.5 Å². The summed E-state index contributed by atoms with van der Waals surface area (Å²) in [6.07, 6.45) is 1.92. The Bertz CT molecular complexity index is 698. The van der Waals surface area contributed by atoms with Crippen LogP contribution in [0.4, 0.5) is 5.69 Å². The highest BCUT2D eigenvalue weighted by Gasteiger charge is 2.33. The second kappa shape index (κ2) is 7.49. The van der Waals surface area contributed by atoms with E-state index in [1.165, 1.54) is 0 Å². The van der Waals surface area contributed by atoms with Gasteiger partial charge in [-0.3, -0.25) is 9.59 Å². The van der Waals surface area contributed by atoms with Gasteiger partial charge in [-0.05, 0) is 59.5 Å². The maximum absolute atomic E-state index is 12.6. The fourth-order valence-corrected chi connectivity index (χ4v) is 3.58. The number of thiophene rings is 1. The van der Waals surface area contributed by atoms with E-state index in [4.69, 9.17) is 4.74 Å². The van der Waals surface area contributed by atoms with Gasteiger partial charge in [0.15, 0.2) is 0 Å². The molecule has 1 aliphatic rings. The van der Waals surface area contributed by atoms with Crippen molar-refractivity contribution in [2.45, 2.75) is 25.3 Å². The summed E-state index contributed by atoms with van der Waals surface area (Å²) in [5.74, 6) is 0.624. The minimum Gasteiger partial charge on any atom is -0.497 e. The predicted octanol–water partition coefficient (Wildman–Crippen LogP) is 2.93. The highest BCUT2D eigenvalue weighted by Crippen LogP contribution is 2.22. The van der Waals surface area contributed by atoms with Crippen LogP contribution in [0.3, 0.4) is 0 Å². The van der Waals surface area contributed by atoms with Gasteiger partial charge in [0.2, 0.25) is 11.8 Å². The molecule has 0 aliphatic carbocycles. The van der Waals surface area contributed by atoms with Crippen LogP contribution in [0, 0.1) is 0 Å². The summed E-state index contributed by atoms with van der Waals surface area (Å²) in [5.41, 5.74) is 1.71. The summed E-state index contributed by atoms with van der Waals surface area (Å²) in [6.45, 7) is 0.643. The number of ether oxygens (including phenoxy) is 1. The summed E-state index contributed by atoms with van der Waals surface area (Å²) in [4.78, 5) is 26.8. The van der Waals surface area contributed by atoms with Gasteiger partial charge >= 0.3 is 0 Å². The Balaban J connectivity index is 1.63. The largest absolute Gasteiger partial charge is 0.497 e. The number of carbonyl (C=O) groups is 2. The van der Waals surface area contributed by atoms with Gasteiger partial charge in [-0.2, -0.15) is 11.3 Å². The number of hydrogen-bond donors (Lipinski definition) is 1. The summed E-state index contributed by atoms with van der Waals surface area (Å²) >= 11 is 1.58. The number of anilines is 1. The molecule has 126 valence electrons. The molecule has 0 radical (unpaired) electrons. The van der Waals surface area contributed by atoms with Gasteiger partial charge in [-0.25, -0.2) is 0 Å². The summed E-state index contributed by atoms with van der Waals surface area (Å²) in [7, 11) is 1.60. The number of nitrogens with zero attached hydrogens (tertiary/aromatic N) is 1. The predicted molar refractivity (Wildman–Crippen MR) is 94.4 cm³/mol.